The molecule has 0 fully saturated rings. The second kappa shape index (κ2) is 2.68. The van der Waals surface area contributed by atoms with E-state index in [4.69, 9.17) is 10.5 Å². The van der Waals surface area contributed by atoms with Gasteiger partial charge in [-0.15, -0.1) is 0 Å². The maximum absolute atomic E-state index is 9.19. The number of rotatable bonds is 0. The topological polar surface area (TPSA) is 55.5 Å². The third kappa shape index (κ3) is 1.12. The molecule has 0 spiro atoms. The predicted molar refractivity (Wildman–Crippen MR) is 45.1 cm³/mol. The van der Waals surface area contributed by atoms with Gasteiger partial charge in [-0.2, -0.15) is 0 Å². The average molecular weight is 165 g/mol. The zero-order valence-electron chi connectivity index (χ0n) is 6.66. The summed E-state index contributed by atoms with van der Waals surface area (Å²) in [7, 11) is 0. The lowest BCUT2D eigenvalue weighted by atomic mass is 10.0. The van der Waals surface area contributed by atoms with E-state index >= 15 is 0 Å². The quantitative estimate of drug-likeness (QED) is 0.606. The number of ether oxygens (including phenoxy) is 1. The highest BCUT2D eigenvalue weighted by Crippen LogP contribution is 2.32. The summed E-state index contributed by atoms with van der Waals surface area (Å²) < 4.78 is 5.36. The van der Waals surface area contributed by atoms with Gasteiger partial charge in [0.15, 0.2) is 0 Å². The first kappa shape index (κ1) is 7.43. The molecule has 1 aromatic carbocycles. The highest BCUT2D eigenvalue weighted by Gasteiger charge is 2.17. The number of nitrogens with two attached hydrogens (primary N) is 1. The van der Waals surface area contributed by atoms with Crippen LogP contribution in [0.4, 0.5) is 0 Å². The SMILES string of the molecule is N[C@@H]1CCOc2ccc(O)cc21. The fourth-order valence-electron chi connectivity index (χ4n) is 1.41. The summed E-state index contributed by atoms with van der Waals surface area (Å²) in [6.07, 6.45) is 0.816. The molecule has 0 radical (unpaired) electrons. The van der Waals surface area contributed by atoms with Gasteiger partial charge < -0.3 is 15.6 Å². The van der Waals surface area contributed by atoms with Crippen LogP contribution in [0.25, 0.3) is 0 Å². The van der Waals surface area contributed by atoms with Crippen molar-refractivity contribution in [2.75, 3.05) is 6.61 Å². The summed E-state index contributed by atoms with van der Waals surface area (Å²) in [4.78, 5) is 0. The second-order valence-electron chi connectivity index (χ2n) is 2.97. The molecule has 3 heteroatoms. The zero-order chi connectivity index (χ0) is 8.55. The van der Waals surface area contributed by atoms with Crippen LogP contribution < -0.4 is 10.5 Å². The van der Waals surface area contributed by atoms with E-state index in [1.54, 1.807) is 18.2 Å². The minimum Gasteiger partial charge on any atom is -0.508 e. The molecular formula is C9H11NO2. The molecule has 0 unspecified atom stereocenters. The van der Waals surface area contributed by atoms with Crippen molar-refractivity contribution in [1.82, 2.24) is 0 Å². The minimum atomic E-state index is 0.000787. The van der Waals surface area contributed by atoms with Crippen LogP contribution in [0, 0.1) is 0 Å². The number of benzene rings is 1. The van der Waals surface area contributed by atoms with Gasteiger partial charge in [0.25, 0.3) is 0 Å². The van der Waals surface area contributed by atoms with E-state index in [2.05, 4.69) is 0 Å². The molecule has 0 aliphatic carbocycles. The van der Waals surface area contributed by atoms with Gasteiger partial charge >= 0.3 is 0 Å². The Bertz CT molecular complexity index is 299. The van der Waals surface area contributed by atoms with Crippen LogP contribution in [0.3, 0.4) is 0 Å². The van der Waals surface area contributed by atoms with E-state index in [-0.39, 0.29) is 11.8 Å². The van der Waals surface area contributed by atoms with Crippen LogP contribution in [0.5, 0.6) is 11.5 Å². The van der Waals surface area contributed by atoms with E-state index in [9.17, 15) is 5.11 Å². The van der Waals surface area contributed by atoms with Gasteiger partial charge in [-0.3, -0.25) is 0 Å². The summed E-state index contributed by atoms with van der Waals surface area (Å²) in [6.45, 7) is 0.666. The van der Waals surface area contributed by atoms with Crippen molar-refractivity contribution in [3.05, 3.63) is 23.8 Å². The maximum atomic E-state index is 9.19. The number of phenolic OH excluding ortho intramolecular Hbond substituents is 1. The predicted octanol–water partition coefficient (Wildman–Crippen LogP) is 1.17. The Morgan fingerprint density at radius 2 is 2.33 bits per heavy atom. The standard InChI is InChI=1S/C9H11NO2/c10-8-3-4-12-9-2-1-6(11)5-7(8)9/h1-2,5,8,11H,3-4,10H2/t8-/m1/s1. The Hall–Kier alpha value is -1.22. The fraction of sp³-hybridized carbons (Fsp3) is 0.333. The van der Waals surface area contributed by atoms with Crippen molar-refractivity contribution in [1.29, 1.82) is 0 Å². The zero-order valence-corrected chi connectivity index (χ0v) is 6.66. The van der Waals surface area contributed by atoms with Crippen LogP contribution in [0.2, 0.25) is 0 Å². The van der Waals surface area contributed by atoms with Crippen LogP contribution in [0.15, 0.2) is 18.2 Å². The third-order valence-corrected chi connectivity index (χ3v) is 2.08. The Morgan fingerprint density at radius 1 is 1.50 bits per heavy atom. The number of hydrogen-bond donors (Lipinski definition) is 2. The molecule has 1 heterocycles. The Morgan fingerprint density at radius 3 is 3.17 bits per heavy atom. The van der Waals surface area contributed by atoms with Crippen molar-refractivity contribution in [3.63, 3.8) is 0 Å². The highest BCUT2D eigenvalue weighted by molar-refractivity contribution is 5.42. The van der Waals surface area contributed by atoms with Crippen molar-refractivity contribution >= 4 is 0 Å². The molecule has 1 aliphatic heterocycles. The van der Waals surface area contributed by atoms with Gasteiger partial charge in [-0.05, 0) is 18.2 Å². The lowest BCUT2D eigenvalue weighted by Gasteiger charge is -2.22. The van der Waals surface area contributed by atoms with E-state index in [0.717, 1.165) is 17.7 Å². The molecule has 0 saturated carbocycles. The lowest BCUT2D eigenvalue weighted by molar-refractivity contribution is 0.268. The summed E-state index contributed by atoms with van der Waals surface area (Å²) >= 11 is 0. The largest absolute Gasteiger partial charge is 0.508 e. The van der Waals surface area contributed by atoms with Gasteiger partial charge in [0, 0.05) is 18.0 Å². The fourth-order valence-corrected chi connectivity index (χ4v) is 1.41. The van der Waals surface area contributed by atoms with Crippen molar-refractivity contribution < 1.29 is 9.84 Å². The lowest BCUT2D eigenvalue weighted by Crippen LogP contribution is -2.20. The van der Waals surface area contributed by atoms with Crippen LogP contribution in [0.1, 0.15) is 18.0 Å². The second-order valence-corrected chi connectivity index (χ2v) is 2.97. The molecule has 3 nitrogen and oxygen atoms in total. The smallest absolute Gasteiger partial charge is 0.124 e. The van der Waals surface area contributed by atoms with Gasteiger partial charge in [-0.1, -0.05) is 0 Å². The molecule has 64 valence electrons. The van der Waals surface area contributed by atoms with E-state index in [1.165, 1.54) is 0 Å². The van der Waals surface area contributed by atoms with Gasteiger partial charge in [0.1, 0.15) is 11.5 Å². The number of fused-ring (bicyclic) bond motifs is 1. The molecule has 0 amide bonds. The van der Waals surface area contributed by atoms with Gasteiger partial charge in [-0.25, -0.2) is 0 Å². The molecule has 3 N–H and O–H groups in total. The monoisotopic (exact) mass is 165 g/mol. The van der Waals surface area contributed by atoms with E-state index in [0.29, 0.717) is 6.61 Å². The molecule has 2 rings (SSSR count). The Labute approximate surface area is 70.8 Å². The maximum Gasteiger partial charge on any atom is 0.124 e. The van der Waals surface area contributed by atoms with Crippen LogP contribution >= 0.6 is 0 Å². The van der Waals surface area contributed by atoms with Crippen molar-refractivity contribution in [3.8, 4) is 11.5 Å². The molecular weight excluding hydrogens is 154 g/mol. The molecule has 1 atom stereocenters. The summed E-state index contributed by atoms with van der Waals surface area (Å²) in [5, 5.41) is 9.19. The summed E-state index contributed by atoms with van der Waals surface area (Å²) in [5.41, 5.74) is 6.73. The van der Waals surface area contributed by atoms with Crippen molar-refractivity contribution in [2.45, 2.75) is 12.5 Å². The third-order valence-electron chi connectivity index (χ3n) is 2.08. The molecule has 0 aromatic heterocycles. The van der Waals surface area contributed by atoms with Crippen LogP contribution in [-0.2, 0) is 0 Å². The van der Waals surface area contributed by atoms with Crippen molar-refractivity contribution in [2.24, 2.45) is 5.73 Å². The molecule has 0 bridgehead atoms. The Kier molecular flexibility index (Phi) is 1.66. The molecule has 0 saturated heterocycles. The van der Waals surface area contributed by atoms with Gasteiger partial charge in [0.05, 0.1) is 6.61 Å². The molecule has 1 aliphatic rings. The van der Waals surface area contributed by atoms with E-state index in [1.807, 2.05) is 0 Å². The summed E-state index contributed by atoms with van der Waals surface area (Å²) in [6, 6.07) is 5.03. The summed E-state index contributed by atoms with van der Waals surface area (Å²) in [5.74, 6) is 1.04. The molecule has 12 heavy (non-hydrogen) atoms. The number of hydrogen-bond acceptors (Lipinski definition) is 3. The molecule has 1 aromatic rings. The first-order chi connectivity index (χ1) is 5.77. The first-order valence-electron chi connectivity index (χ1n) is 3.98. The first-order valence-corrected chi connectivity index (χ1v) is 3.98. The number of aromatic hydroxyl groups is 1. The highest BCUT2D eigenvalue weighted by atomic mass is 16.5. The minimum absolute atomic E-state index is 0.000787. The van der Waals surface area contributed by atoms with E-state index < -0.39 is 0 Å². The van der Waals surface area contributed by atoms with Crippen LogP contribution in [-0.4, -0.2) is 11.7 Å². The average Bonchev–Trinajstić information content (AvgIpc) is 2.07. The van der Waals surface area contributed by atoms with Gasteiger partial charge in [0.2, 0.25) is 0 Å². The Balaban J connectivity index is 2.47. The number of phenols is 1. The normalized spacial score (nSPS) is 21.2.